The predicted octanol–water partition coefficient (Wildman–Crippen LogP) is 3.95. The number of carbonyl (C=O) groups excluding carboxylic acids is 2. The summed E-state index contributed by atoms with van der Waals surface area (Å²) in [6.45, 7) is 0. The maximum Gasteiger partial charge on any atom is 0.280 e. The van der Waals surface area contributed by atoms with E-state index in [0.29, 0.717) is 33.7 Å². The van der Waals surface area contributed by atoms with Crippen LogP contribution in [-0.4, -0.2) is 28.0 Å². The van der Waals surface area contributed by atoms with E-state index in [0.717, 1.165) is 16.3 Å². The summed E-state index contributed by atoms with van der Waals surface area (Å²) in [6.07, 6.45) is 0.728. The molecule has 0 radical (unpaired) electrons. The highest BCUT2D eigenvalue weighted by Gasteiger charge is 2.33. The average molecular weight is 395 g/mol. The fourth-order valence-electron chi connectivity index (χ4n) is 2.97. The largest absolute Gasteiger partial charge is 0.494 e. The van der Waals surface area contributed by atoms with Crippen molar-refractivity contribution in [3.8, 4) is 17.1 Å². The Morgan fingerprint density at radius 1 is 1.04 bits per heavy atom. The number of aldehydes is 1. The molecule has 2 aromatic carbocycles. The summed E-state index contributed by atoms with van der Waals surface area (Å²) < 4.78 is 0.859. The molecule has 25 heavy (non-hydrogen) atoms. The maximum absolute atomic E-state index is 12.5. The summed E-state index contributed by atoms with van der Waals surface area (Å²) in [5, 5.41) is 10.4. The Bertz CT molecular complexity index is 1070. The molecule has 0 fully saturated rings. The van der Waals surface area contributed by atoms with E-state index in [1.807, 2.05) is 24.3 Å². The lowest BCUT2D eigenvalue weighted by Gasteiger charge is -2.02. The highest BCUT2D eigenvalue weighted by atomic mass is 79.9. The van der Waals surface area contributed by atoms with Crippen LogP contribution >= 0.6 is 15.9 Å². The Hall–Kier alpha value is -2.99. The highest BCUT2D eigenvalue weighted by molar-refractivity contribution is 9.10. The minimum atomic E-state index is -0.423. The zero-order valence-corrected chi connectivity index (χ0v) is 14.4. The molecule has 0 saturated heterocycles. The van der Waals surface area contributed by atoms with Crippen molar-refractivity contribution in [1.82, 2.24) is 4.98 Å². The number of carbonyl (C=O) groups is 2. The van der Waals surface area contributed by atoms with Gasteiger partial charge in [0.2, 0.25) is 0 Å². The van der Waals surface area contributed by atoms with Gasteiger partial charge in [-0.3, -0.25) is 9.59 Å². The summed E-state index contributed by atoms with van der Waals surface area (Å²) in [7, 11) is 0. The lowest BCUT2D eigenvalue weighted by Crippen LogP contribution is -2.00. The summed E-state index contributed by atoms with van der Waals surface area (Å²) in [4.78, 5) is 30.5. The lowest BCUT2D eigenvalue weighted by atomic mass is 9.99. The molecule has 1 amide bonds. The highest BCUT2D eigenvalue weighted by Crippen LogP contribution is 2.38. The van der Waals surface area contributed by atoms with E-state index in [-0.39, 0.29) is 5.88 Å². The van der Waals surface area contributed by atoms with E-state index in [1.54, 1.807) is 24.3 Å². The molecule has 0 aliphatic carbocycles. The van der Waals surface area contributed by atoms with E-state index >= 15 is 0 Å². The molecule has 0 bridgehead atoms. The second-order valence-electron chi connectivity index (χ2n) is 5.62. The summed E-state index contributed by atoms with van der Waals surface area (Å²) >= 11 is 3.40. The Kier molecular flexibility index (Phi) is 3.62. The lowest BCUT2D eigenvalue weighted by molar-refractivity contribution is 0.101. The van der Waals surface area contributed by atoms with Crippen molar-refractivity contribution in [2.45, 2.75) is 0 Å². The van der Waals surface area contributed by atoms with Crippen LogP contribution in [0.25, 0.3) is 11.3 Å². The number of fused-ring (bicyclic) bond motifs is 1. The van der Waals surface area contributed by atoms with Crippen molar-refractivity contribution in [2.24, 2.45) is 4.99 Å². The molecule has 1 aliphatic rings. The SMILES string of the molecule is O=Cc1cccc(C2=NC(=O)c3c(-c4cccc(Br)c4)[nH]c(O)c32)c1. The molecule has 3 aromatic rings. The van der Waals surface area contributed by atoms with Gasteiger partial charge in [0.25, 0.3) is 5.91 Å². The Morgan fingerprint density at radius 2 is 1.80 bits per heavy atom. The van der Waals surface area contributed by atoms with Crippen molar-refractivity contribution in [1.29, 1.82) is 0 Å². The Labute approximate surface area is 151 Å². The molecule has 1 aliphatic heterocycles. The first kappa shape index (κ1) is 15.5. The molecule has 2 heterocycles. The quantitative estimate of drug-likeness (QED) is 0.659. The third-order valence-corrected chi connectivity index (χ3v) is 4.55. The van der Waals surface area contributed by atoms with Gasteiger partial charge in [0.05, 0.1) is 22.5 Å². The number of hydrogen-bond acceptors (Lipinski definition) is 3. The van der Waals surface area contributed by atoms with Crippen LogP contribution in [0.1, 0.15) is 31.8 Å². The molecule has 0 saturated carbocycles. The van der Waals surface area contributed by atoms with Crippen LogP contribution in [-0.2, 0) is 0 Å². The average Bonchev–Trinajstić information content (AvgIpc) is 3.14. The third-order valence-electron chi connectivity index (χ3n) is 4.05. The van der Waals surface area contributed by atoms with Crippen LogP contribution in [0.3, 0.4) is 0 Å². The van der Waals surface area contributed by atoms with Gasteiger partial charge in [-0.2, -0.15) is 0 Å². The summed E-state index contributed by atoms with van der Waals surface area (Å²) in [5.41, 5.74) is 3.42. The van der Waals surface area contributed by atoms with E-state index in [2.05, 4.69) is 25.9 Å². The van der Waals surface area contributed by atoms with Crippen molar-refractivity contribution < 1.29 is 14.7 Å². The van der Waals surface area contributed by atoms with Crippen molar-refractivity contribution in [3.05, 3.63) is 75.3 Å². The molecule has 122 valence electrons. The third kappa shape index (κ3) is 2.51. The van der Waals surface area contributed by atoms with Gasteiger partial charge in [0.1, 0.15) is 6.29 Å². The molecular weight excluding hydrogens is 384 g/mol. The second kappa shape index (κ2) is 5.82. The number of aromatic nitrogens is 1. The number of nitrogens with zero attached hydrogens (tertiary/aromatic N) is 1. The van der Waals surface area contributed by atoms with Crippen LogP contribution in [0, 0.1) is 0 Å². The zero-order chi connectivity index (χ0) is 17.6. The number of amides is 1. The van der Waals surface area contributed by atoms with Gasteiger partial charge in [0, 0.05) is 15.6 Å². The topological polar surface area (TPSA) is 82.5 Å². The molecular formula is C19H11BrN2O3. The first-order valence-corrected chi connectivity index (χ1v) is 8.27. The molecule has 2 N–H and O–H groups in total. The normalized spacial score (nSPS) is 12.8. The van der Waals surface area contributed by atoms with Crippen LogP contribution in [0.5, 0.6) is 5.88 Å². The number of hydrogen-bond donors (Lipinski definition) is 2. The van der Waals surface area contributed by atoms with Crippen LogP contribution in [0.2, 0.25) is 0 Å². The van der Waals surface area contributed by atoms with Gasteiger partial charge < -0.3 is 10.1 Å². The Balaban J connectivity index is 1.90. The van der Waals surface area contributed by atoms with Gasteiger partial charge in [-0.15, -0.1) is 0 Å². The predicted molar refractivity (Wildman–Crippen MR) is 97.4 cm³/mol. The summed E-state index contributed by atoms with van der Waals surface area (Å²) in [5.74, 6) is -0.542. The number of benzene rings is 2. The molecule has 4 rings (SSSR count). The number of H-pyrrole nitrogens is 1. The minimum absolute atomic E-state index is 0.119. The number of halogens is 1. The van der Waals surface area contributed by atoms with Gasteiger partial charge >= 0.3 is 0 Å². The van der Waals surface area contributed by atoms with E-state index in [1.165, 1.54) is 0 Å². The minimum Gasteiger partial charge on any atom is -0.494 e. The van der Waals surface area contributed by atoms with Crippen molar-refractivity contribution >= 4 is 33.8 Å². The second-order valence-corrected chi connectivity index (χ2v) is 6.53. The molecule has 6 heteroatoms. The fourth-order valence-corrected chi connectivity index (χ4v) is 3.37. The number of aromatic hydroxyl groups is 1. The standard InChI is InChI=1S/C19H11BrN2O3/c20-13-6-2-5-12(8-13)17-15-14(18(24)22-17)16(21-19(15)25)11-4-1-3-10(7-11)9-23/h1-9,22,24H. The number of aliphatic imine (C=N–C) groups is 1. The van der Waals surface area contributed by atoms with Crippen LogP contribution < -0.4 is 0 Å². The number of nitrogens with one attached hydrogen (secondary N) is 1. The molecule has 5 nitrogen and oxygen atoms in total. The maximum atomic E-state index is 12.5. The van der Waals surface area contributed by atoms with E-state index < -0.39 is 5.91 Å². The van der Waals surface area contributed by atoms with Gasteiger partial charge in [-0.05, 0) is 23.8 Å². The Morgan fingerprint density at radius 3 is 2.56 bits per heavy atom. The van der Waals surface area contributed by atoms with Gasteiger partial charge in [0.15, 0.2) is 5.88 Å². The van der Waals surface area contributed by atoms with E-state index in [4.69, 9.17) is 0 Å². The van der Waals surface area contributed by atoms with Crippen molar-refractivity contribution in [3.63, 3.8) is 0 Å². The fraction of sp³-hybridized carbons (Fsp3) is 0. The zero-order valence-electron chi connectivity index (χ0n) is 12.8. The number of aromatic amines is 1. The van der Waals surface area contributed by atoms with E-state index in [9.17, 15) is 14.7 Å². The first-order valence-electron chi connectivity index (χ1n) is 7.48. The first-order chi connectivity index (χ1) is 12.1. The summed E-state index contributed by atoms with van der Waals surface area (Å²) in [6, 6.07) is 14.2. The molecule has 1 aromatic heterocycles. The van der Waals surface area contributed by atoms with Gasteiger partial charge in [-0.1, -0.05) is 46.3 Å². The van der Waals surface area contributed by atoms with Gasteiger partial charge in [-0.25, -0.2) is 4.99 Å². The number of rotatable bonds is 3. The monoisotopic (exact) mass is 394 g/mol. The molecule has 0 spiro atoms. The smallest absolute Gasteiger partial charge is 0.280 e. The van der Waals surface area contributed by atoms with Crippen LogP contribution in [0.4, 0.5) is 0 Å². The molecule has 0 atom stereocenters. The molecule has 0 unspecified atom stereocenters. The van der Waals surface area contributed by atoms with Crippen molar-refractivity contribution in [2.75, 3.05) is 0 Å². The van der Waals surface area contributed by atoms with Crippen LogP contribution in [0.15, 0.2) is 58.0 Å².